The predicted octanol–water partition coefficient (Wildman–Crippen LogP) is 4.91. The molecule has 1 heterocycles. The van der Waals surface area contributed by atoms with Gasteiger partial charge in [0.1, 0.15) is 5.69 Å². The summed E-state index contributed by atoms with van der Waals surface area (Å²) >= 11 is 12.0. The molecule has 2 rings (SSSR count). The minimum Gasteiger partial charge on any atom is -0.354 e. The first-order valence-electron chi connectivity index (χ1n) is 7.42. The Labute approximate surface area is 146 Å². The Morgan fingerprint density at radius 3 is 2.70 bits per heavy atom. The number of pyridine rings is 1. The first-order chi connectivity index (χ1) is 11.0. The molecular weight excluding hydrogens is 333 g/mol. The van der Waals surface area contributed by atoms with Crippen LogP contribution in [0, 0.1) is 5.92 Å². The van der Waals surface area contributed by atoms with E-state index in [2.05, 4.69) is 29.5 Å². The van der Waals surface area contributed by atoms with E-state index >= 15 is 0 Å². The van der Waals surface area contributed by atoms with E-state index in [1.807, 2.05) is 0 Å². The first-order valence-corrected chi connectivity index (χ1v) is 8.17. The van der Waals surface area contributed by atoms with Crippen molar-refractivity contribution in [3.05, 3.63) is 52.3 Å². The number of halogens is 2. The Morgan fingerprint density at radius 1 is 1.22 bits per heavy atom. The van der Waals surface area contributed by atoms with Gasteiger partial charge in [-0.25, -0.2) is 0 Å². The monoisotopic (exact) mass is 351 g/mol. The maximum absolute atomic E-state index is 12.1. The van der Waals surface area contributed by atoms with Gasteiger partial charge in [0, 0.05) is 23.5 Å². The number of rotatable bonds is 6. The van der Waals surface area contributed by atoms with Crippen molar-refractivity contribution in [3.63, 3.8) is 0 Å². The van der Waals surface area contributed by atoms with Gasteiger partial charge in [-0.05, 0) is 42.7 Å². The van der Waals surface area contributed by atoms with E-state index in [0.29, 0.717) is 33.9 Å². The lowest BCUT2D eigenvalue weighted by Crippen LogP contribution is -2.26. The van der Waals surface area contributed by atoms with E-state index < -0.39 is 0 Å². The normalized spacial score (nSPS) is 10.7. The summed E-state index contributed by atoms with van der Waals surface area (Å²) in [7, 11) is 0. The van der Waals surface area contributed by atoms with Crippen molar-refractivity contribution in [2.45, 2.75) is 20.3 Å². The fourth-order valence-electron chi connectivity index (χ4n) is 1.94. The molecule has 1 aromatic heterocycles. The maximum Gasteiger partial charge on any atom is 0.269 e. The largest absolute Gasteiger partial charge is 0.354 e. The number of benzene rings is 1. The van der Waals surface area contributed by atoms with Crippen molar-refractivity contribution in [2.75, 3.05) is 11.9 Å². The molecule has 2 aromatic rings. The van der Waals surface area contributed by atoms with Crippen LogP contribution in [0.15, 0.2) is 36.5 Å². The zero-order valence-corrected chi connectivity index (χ0v) is 14.6. The number of carbonyl (C=O) groups is 1. The fraction of sp³-hybridized carbons (Fsp3) is 0.294. The van der Waals surface area contributed by atoms with Gasteiger partial charge < -0.3 is 10.6 Å². The zero-order valence-electron chi connectivity index (χ0n) is 13.1. The highest BCUT2D eigenvalue weighted by molar-refractivity contribution is 6.36. The number of aromatic nitrogens is 1. The average Bonchev–Trinajstić information content (AvgIpc) is 2.50. The highest BCUT2D eigenvalue weighted by Crippen LogP contribution is 2.28. The van der Waals surface area contributed by atoms with Gasteiger partial charge in [-0.15, -0.1) is 0 Å². The van der Waals surface area contributed by atoms with Gasteiger partial charge >= 0.3 is 0 Å². The standard InChI is InChI=1S/C17H19Cl2N3O/c1-11(2)5-7-21-17(23)16-10-13(6-8-20-16)22-15-4-3-12(18)9-14(15)19/h3-4,6,8-11H,5,7H2,1-2H3,(H,20,22)(H,21,23). The number of anilines is 2. The summed E-state index contributed by atoms with van der Waals surface area (Å²) in [5.74, 6) is 0.361. The van der Waals surface area contributed by atoms with E-state index in [9.17, 15) is 4.79 Å². The minimum absolute atomic E-state index is 0.184. The Balaban J connectivity index is 2.06. The van der Waals surface area contributed by atoms with Gasteiger partial charge in [-0.2, -0.15) is 0 Å². The summed E-state index contributed by atoms with van der Waals surface area (Å²) in [5.41, 5.74) is 1.82. The van der Waals surface area contributed by atoms with E-state index in [1.165, 1.54) is 0 Å². The molecule has 122 valence electrons. The molecule has 0 radical (unpaired) electrons. The number of nitrogens with zero attached hydrogens (tertiary/aromatic N) is 1. The summed E-state index contributed by atoms with van der Waals surface area (Å²) in [6.45, 7) is 4.87. The zero-order chi connectivity index (χ0) is 16.8. The average molecular weight is 352 g/mol. The van der Waals surface area contributed by atoms with Gasteiger partial charge in [-0.3, -0.25) is 9.78 Å². The third kappa shape index (κ3) is 5.41. The highest BCUT2D eigenvalue weighted by Gasteiger charge is 2.09. The summed E-state index contributed by atoms with van der Waals surface area (Å²) < 4.78 is 0. The van der Waals surface area contributed by atoms with Crippen LogP contribution >= 0.6 is 23.2 Å². The topological polar surface area (TPSA) is 54.0 Å². The molecule has 0 fully saturated rings. The Morgan fingerprint density at radius 2 is 2.00 bits per heavy atom. The molecule has 23 heavy (non-hydrogen) atoms. The van der Waals surface area contributed by atoms with Crippen LogP contribution in [0.1, 0.15) is 30.8 Å². The quantitative estimate of drug-likeness (QED) is 0.777. The third-order valence-electron chi connectivity index (χ3n) is 3.21. The molecule has 1 amide bonds. The molecule has 0 aliphatic rings. The molecule has 0 bridgehead atoms. The van der Waals surface area contributed by atoms with Crippen molar-refractivity contribution in [1.29, 1.82) is 0 Å². The summed E-state index contributed by atoms with van der Waals surface area (Å²) in [6.07, 6.45) is 2.52. The molecule has 1 aromatic carbocycles. The van der Waals surface area contributed by atoms with Crippen LogP contribution in [0.4, 0.5) is 11.4 Å². The van der Waals surface area contributed by atoms with Crippen molar-refractivity contribution in [2.24, 2.45) is 5.92 Å². The van der Waals surface area contributed by atoms with E-state index in [1.54, 1.807) is 36.5 Å². The van der Waals surface area contributed by atoms with Gasteiger partial charge in [-0.1, -0.05) is 37.0 Å². The molecule has 6 heteroatoms. The molecular formula is C17H19Cl2N3O. The minimum atomic E-state index is -0.184. The molecule has 0 saturated heterocycles. The lowest BCUT2D eigenvalue weighted by atomic mass is 10.1. The Hall–Kier alpha value is -1.78. The fourth-order valence-corrected chi connectivity index (χ4v) is 2.40. The number of hydrogen-bond acceptors (Lipinski definition) is 3. The SMILES string of the molecule is CC(C)CCNC(=O)c1cc(Nc2ccc(Cl)cc2Cl)ccn1. The van der Waals surface area contributed by atoms with Crippen molar-refractivity contribution in [3.8, 4) is 0 Å². The Bertz CT molecular complexity index is 689. The van der Waals surface area contributed by atoms with Crippen LogP contribution in [-0.4, -0.2) is 17.4 Å². The number of nitrogens with one attached hydrogen (secondary N) is 2. The lowest BCUT2D eigenvalue weighted by Gasteiger charge is -2.10. The molecule has 0 aliphatic carbocycles. The van der Waals surface area contributed by atoms with Crippen LogP contribution < -0.4 is 10.6 Å². The Kier molecular flexibility index (Phi) is 6.25. The van der Waals surface area contributed by atoms with Crippen LogP contribution in [0.3, 0.4) is 0 Å². The molecule has 4 nitrogen and oxygen atoms in total. The van der Waals surface area contributed by atoms with E-state index in [4.69, 9.17) is 23.2 Å². The third-order valence-corrected chi connectivity index (χ3v) is 3.76. The molecule has 2 N–H and O–H groups in total. The summed E-state index contributed by atoms with van der Waals surface area (Å²) in [5, 5.41) is 7.11. The van der Waals surface area contributed by atoms with Gasteiger partial charge in [0.05, 0.1) is 10.7 Å². The van der Waals surface area contributed by atoms with Gasteiger partial charge in [0.15, 0.2) is 0 Å². The van der Waals surface area contributed by atoms with Gasteiger partial charge in [0.2, 0.25) is 0 Å². The second-order valence-corrected chi connectivity index (χ2v) is 6.46. The van der Waals surface area contributed by atoms with Crippen LogP contribution in [0.5, 0.6) is 0 Å². The first kappa shape index (κ1) is 17.6. The smallest absolute Gasteiger partial charge is 0.269 e. The van der Waals surface area contributed by atoms with Crippen molar-refractivity contribution >= 4 is 40.5 Å². The second-order valence-electron chi connectivity index (χ2n) is 5.62. The molecule has 0 atom stereocenters. The second kappa shape index (κ2) is 8.18. The summed E-state index contributed by atoms with van der Waals surface area (Å²) in [4.78, 5) is 16.2. The molecule has 0 saturated carbocycles. The van der Waals surface area contributed by atoms with Crippen molar-refractivity contribution < 1.29 is 4.79 Å². The van der Waals surface area contributed by atoms with Crippen LogP contribution in [0.2, 0.25) is 10.0 Å². The molecule has 0 spiro atoms. The lowest BCUT2D eigenvalue weighted by molar-refractivity contribution is 0.0947. The summed E-state index contributed by atoms with van der Waals surface area (Å²) in [6, 6.07) is 8.65. The highest BCUT2D eigenvalue weighted by atomic mass is 35.5. The van der Waals surface area contributed by atoms with Crippen LogP contribution in [-0.2, 0) is 0 Å². The number of amides is 1. The number of hydrogen-bond donors (Lipinski definition) is 2. The van der Waals surface area contributed by atoms with E-state index in [-0.39, 0.29) is 5.91 Å². The maximum atomic E-state index is 12.1. The van der Waals surface area contributed by atoms with Crippen molar-refractivity contribution in [1.82, 2.24) is 10.3 Å². The van der Waals surface area contributed by atoms with Crippen LogP contribution in [0.25, 0.3) is 0 Å². The number of carbonyl (C=O) groups excluding carboxylic acids is 1. The molecule has 0 aliphatic heterocycles. The predicted molar refractivity (Wildman–Crippen MR) is 95.8 cm³/mol. The van der Waals surface area contributed by atoms with Gasteiger partial charge in [0.25, 0.3) is 5.91 Å². The molecule has 0 unspecified atom stereocenters. The van der Waals surface area contributed by atoms with E-state index in [0.717, 1.165) is 12.1 Å².